The van der Waals surface area contributed by atoms with Gasteiger partial charge < -0.3 is 15.8 Å². The molecule has 36 heavy (non-hydrogen) atoms. The third kappa shape index (κ3) is 4.81. The second kappa shape index (κ2) is 10.1. The summed E-state index contributed by atoms with van der Waals surface area (Å²) < 4.78 is 7.53. The third-order valence-corrected chi connectivity index (χ3v) is 7.08. The van der Waals surface area contributed by atoms with Crippen molar-refractivity contribution >= 4 is 33.6 Å². The van der Waals surface area contributed by atoms with E-state index in [1.807, 2.05) is 48.0 Å². The number of nitrogen functional groups attached to an aromatic ring is 1. The van der Waals surface area contributed by atoms with Crippen LogP contribution in [0.2, 0.25) is 0 Å². The van der Waals surface area contributed by atoms with Crippen molar-refractivity contribution in [2.45, 2.75) is 6.42 Å². The van der Waals surface area contributed by atoms with Gasteiger partial charge in [-0.25, -0.2) is 15.0 Å². The van der Waals surface area contributed by atoms with Crippen LogP contribution >= 0.6 is 11.3 Å². The van der Waals surface area contributed by atoms with Crippen molar-refractivity contribution in [1.82, 2.24) is 24.3 Å². The van der Waals surface area contributed by atoms with Crippen molar-refractivity contribution in [1.29, 1.82) is 0 Å². The molecule has 6 rings (SSSR count). The quantitative estimate of drug-likeness (QED) is 0.314. The van der Waals surface area contributed by atoms with Gasteiger partial charge >= 0.3 is 0 Å². The number of aromatic nitrogens is 4. The smallest absolute Gasteiger partial charge is 0.227 e. The molecule has 0 aliphatic carbocycles. The summed E-state index contributed by atoms with van der Waals surface area (Å²) in [6.45, 7) is 4.68. The Labute approximate surface area is 213 Å². The average Bonchev–Trinajstić information content (AvgIpc) is 3.50. The number of benzene rings is 2. The average molecular weight is 498 g/mol. The molecule has 3 N–H and O–H groups in total. The number of ether oxygens (including phenoxy) is 1. The SMILES string of the molecule is Nc1cccc(-c2nc3sccn3c2-c2ccnc(Nc3cccc(CCN4CCOCC4)c3)n2)c1. The lowest BCUT2D eigenvalue weighted by Crippen LogP contribution is -2.37. The number of thiazole rings is 1. The Morgan fingerprint density at radius 2 is 1.92 bits per heavy atom. The number of hydrogen-bond donors (Lipinski definition) is 2. The standard InChI is InChI=1S/C27H27N7OS/c28-21-5-2-4-20(18-21)24-25(34-13-16-36-27(34)32-24)23-7-9-29-26(31-23)30-22-6-1-3-19(17-22)8-10-33-11-14-35-15-12-33/h1-7,9,13,16-18H,8,10-12,14-15,28H2,(H,29,30,31). The lowest BCUT2D eigenvalue weighted by atomic mass is 10.1. The fourth-order valence-electron chi connectivity index (χ4n) is 4.51. The van der Waals surface area contributed by atoms with Crippen LogP contribution in [0.5, 0.6) is 0 Å². The van der Waals surface area contributed by atoms with Crippen LogP contribution in [0, 0.1) is 0 Å². The molecular weight excluding hydrogens is 470 g/mol. The maximum absolute atomic E-state index is 6.06. The van der Waals surface area contributed by atoms with E-state index in [0.717, 1.165) is 72.6 Å². The highest BCUT2D eigenvalue weighted by molar-refractivity contribution is 7.15. The summed E-state index contributed by atoms with van der Waals surface area (Å²) in [4.78, 5) is 17.6. The fraction of sp³-hybridized carbons (Fsp3) is 0.222. The zero-order valence-corrected chi connectivity index (χ0v) is 20.6. The Morgan fingerprint density at radius 1 is 1.03 bits per heavy atom. The minimum atomic E-state index is 0.543. The predicted molar refractivity (Wildman–Crippen MR) is 145 cm³/mol. The lowest BCUT2D eigenvalue weighted by Gasteiger charge is -2.26. The molecule has 1 aliphatic heterocycles. The van der Waals surface area contributed by atoms with Crippen LogP contribution in [0.15, 0.2) is 72.4 Å². The maximum Gasteiger partial charge on any atom is 0.227 e. The van der Waals surface area contributed by atoms with Crippen molar-refractivity contribution < 1.29 is 4.74 Å². The van der Waals surface area contributed by atoms with Gasteiger partial charge in [0.25, 0.3) is 0 Å². The number of nitrogens with two attached hydrogens (primary N) is 1. The maximum atomic E-state index is 6.06. The Bertz CT molecular complexity index is 1490. The van der Waals surface area contributed by atoms with E-state index in [2.05, 4.69) is 37.8 Å². The lowest BCUT2D eigenvalue weighted by molar-refractivity contribution is 0.0384. The van der Waals surface area contributed by atoms with E-state index in [9.17, 15) is 0 Å². The fourth-order valence-corrected chi connectivity index (χ4v) is 5.23. The Kier molecular flexibility index (Phi) is 6.33. The largest absolute Gasteiger partial charge is 0.399 e. The third-order valence-electron chi connectivity index (χ3n) is 6.32. The highest BCUT2D eigenvalue weighted by Gasteiger charge is 2.19. The first-order valence-corrected chi connectivity index (χ1v) is 12.9. The zero-order chi connectivity index (χ0) is 24.3. The molecule has 1 saturated heterocycles. The summed E-state index contributed by atoms with van der Waals surface area (Å²) in [6.07, 6.45) is 4.79. The molecule has 0 radical (unpaired) electrons. The van der Waals surface area contributed by atoms with Gasteiger partial charge in [-0.15, -0.1) is 11.3 Å². The second-order valence-corrected chi connectivity index (χ2v) is 9.66. The molecule has 0 amide bonds. The van der Waals surface area contributed by atoms with Crippen LogP contribution in [0.4, 0.5) is 17.3 Å². The first kappa shape index (κ1) is 22.7. The van der Waals surface area contributed by atoms with Gasteiger partial charge in [-0.3, -0.25) is 9.30 Å². The van der Waals surface area contributed by atoms with E-state index < -0.39 is 0 Å². The van der Waals surface area contributed by atoms with Crippen LogP contribution in [0.3, 0.4) is 0 Å². The number of nitrogens with zero attached hydrogens (tertiary/aromatic N) is 5. The molecule has 4 heterocycles. The minimum Gasteiger partial charge on any atom is -0.399 e. The predicted octanol–water partition coefficient (Wildman–Crippen LogP) is 4.72. The number of morpholine rings is 1. The summed E-state index contributed by atoms with van der Waals surface area (Å²) in [6, 6.07) is 18.2. The summed E-state index contributed by atoms with van der Waals surface area (Å²) in [5.74, 6) is 0.543. The van der Waals surface area contributed by atoms with Crippen LogP contribution < -0.4 is 11.1 Å². The molecule has 3 aromatic heterocycles. The Balaban J connectivity index is 1.26. The van der Waals surface area contributed by atoms with Crippen molar-refractivity contribution in [3.8, 4) is 22.6 Å². The van der Waals surface area contributed by atoms with E-state index >= 15 is 0 Å². The number of anilines is 3. The summed E-state index contributed by atoms with van der Waals surface area (Å²) in [5, 5.41) is 5.42. The molecule has 2 aromatic carbocycles. The van der Waals surface area contributed by atoms with Crippen molar-refractivity contribution in [3.05, 3.63) is 77.9 Å². The number of fused-ring (bicyclic) bond motifs is 1. The molecule has 1 aliphatic rings. The number of nitrogens with one attached hydrogen (secondary N) is 1. The van der Waals surface area contributed by atoms with Crippen molar-refractivity contribution in [2.24, 2.45) is 0 Å². The van der Waals surface area contributed by atoms with Gasteiger partial charge in [0.2, 0.25) is 5.95 Å². The molecule has 0 saturated carbocycles. The summed E-state index contributed by atoms with van der Waals surface area (Å²) in [7, 11) is 0. The van der Waals surface area contributed by atoms with Crippen LogP contribution in [-0.2, 0) is 11.2 Å². The molecule has 8 nitrogen and oxygen atoms in total. The van der Waals surface area contributed by atoms with E-state index in [4.69, 9.17) is 20.4 Å². The summed E-state index contributed by atoms with van der Waals surface area (Å²) >= 11 is 1.59. The monoisotopic (exact) mass is 497 g/mol. The van der Waals surface area contributed by atoms with E-state index in [0.29, 0.717) is 11.6 Å². The van der Waals surface area contributed by atoms with E-state index in [1.165, 1.54) is 5.56 Å². The van der Waals surface area contributed by atoms with Gasteiger partial charge in [-0.05, 0) is 42.3 Å². The van der Waals surface area contributed by atoms with Gasteiger partial charge in [-0.2, -0.15) is 0 Å². The highest BCUT2D eigenvalue weighted by Crippen LogP contribution is 2.34. The van der Waals surface area contributed by atoms with Crippen molar-refractivity contribution in [2.75, 3.05) is 43.9 Å². The van der Waals surface area contributed by atoms with Gasteiger partial charge in [0, 0.05) is 54.3 Å². The topological polar surface area (TPSA) is 93.6 Å². The zero-order valence-electron chi connectivity index (χ0n) is 19.8. The van der Waals surface area contributed by atoms with E-state index in [1.54, 1.807) is 17.5 Å². The number of hydrogen-bond acceptors (Lipinski definition) is 8. The molecule has 0 bridgehead atoms. The van der Waals surface area contributed by atoms with Crippen LogP contribution in [0.25, 0.3) is 27.6 Å². The van der Waals surface area contributed by atoms with Crippen molar-refractivity contribution in [3.63, 3.8) is 0 Å². The number of imidazole rings is 1. The molecule has 182 valence electrons. The highest BCUT2D eigenvalue weighted by atomic mass is 32.1. The normalized spacial score (nSPS) is 14.3. The van der Waals surface area contributed by atoms with Gasteiger partial charge in [0.05, 0.1) is 24.6 Å². The van der Waals surface area contributed by atoms with Gasteiger partial charge in [0.15, 0.2) is 4.96 Å². The van der Waals surface area contributed by atoms with E-state index in [-0.39, 0.29) is 0 Å². The summed E-state index contributed by atoms with van der Waals surface area (Å²) in [5.41, 5.74) is 12.5. The van der Waals surface area contributed by atoms with Gasteiger partial charge in [-0.1, -0.05) is 24.3 Å². The minimum absolute atomic E-state index is 0.543. The molecule has 0 atom stereocenters. The Hall–Kier alpha value is -3.79. The molecule has 0 unspecified atom stereocenters. The molecule has 1 fully saturated rings. The second-order valence-electron chi connectivity index (χ2n) is 8.78. The van der Waals surface area contributed by atoms with Crippen LogP contribution in [-0.4, -0.2) is 57.1 Å². The molecular formula is C27H27N7OS. The molecule has 0 spiro atoms. The first-order valence-electron chi connectivity index (χ1n) is 12.0. The van der Waals surface area contributed by atoms with Gasteiger partial charge in [0.1, 0.15) is 5.69 Å². The Morgan fingerprint density at radius 3 is 2.81 bits per heavy atom. The molecule has 9 heteroatoms. The van der Waals surface area contributed by atoms with Crippen LogP contribution in [0.1, 0.15) is 5.56 Å². The number of rotatable bonds is 7. The molecule has 5 aromatic rings. The first-order chi connectivity index (χ1) is 17.7.